The lowest BCUT2D eigenvalue weighted by Gasteiger charge is -2.23. The van der Waals surface area contributed by atoms with Gasteiger partial charge in [-0.3, -0.25) is 4.79 Å². The van der Waals surface area contributed by atoms with Gasteiger partial charge in [0.2, 0.25) is 0 Å². The van der Waals surface area contributed by atoms with Crippen molar-refractivity contribution in [1.82, 2.24) is 4.90 Å². The van der Waals surface area contributed by atoms with Crippen LogP contribution >= 0.6 is 0 Å². The minimum Gasteiger partial charge on any atom is -0.497 e. The summed E-state index contributed by atoms with van der Waals surface area (Å²) in [5, 5.41) is 0. The molecule has 0 unspecified atom stereocenters. The van der Waals surface area contributed by atoms with E-state index in [1.807, 2.05) is 37.3 Å². The molecule has 1 aliphatic carbocycles. The molecule has 4 nitrogen and oxygen atoms in total. The van der Waals surface area contributed by atoms with Crippen LogP contribution in [0.3, 0.4) is 0 Å². The van der Waals surface area contributed by atoms with E-state index in [9.17, 15) is 4.79 Å². The third kappa shape index (κ3) is 4.37. The number of ether oxygens (including phenoxy) is 2. The molecule has 0 radical (unpaired) electrons. The summed E-state index contributed by atoms with van der Waals surface area (Å²) in [6.45, 7) is 2.35. The van der Waals surface area contributed by atoms with Crippen LogP contribution in [0, 0.1) is 0 Å². The second-order valence-corrected chi connectivity index (χ2v) is 6.94. The molecule has 0 saturated carbocycles. The molecule has 3 rings (SSSR count). The highest BCUT2D eigenvalue weighted by atomic mass is 16.5. The summed E-state index contributed by atoms with van der Waals surface area (Å²) in [5.74, 6) is 1.56. The number of nitrogens with zero attached hydrogens (tertiary/aromatic N) is 1. The van der Waals surface area contributed by atoms with E-state index in [1.165, 1.54) is 24.0 Å². The Balaban J connectivity index is 1.59. The van der Waals surface area contributed by atoms with Gasteiger partial charge in [0.25, 0.3) is 5.91 Å². The quantitative estimate of drug-likeness (QED) is 0.788. The Morgan fingerprint density at radius 1 is 1.04 bits per heavy atom. The van der Waals surface area contributed by atoms with Gasteiger partial charge in [0.15, 0.2) is 6.10 Å². The van der Waals surface area contributed by atoms with Crippen molar-refractivity contribution in [1.29, 1.82) is 0 Å². The molecular weight excluding hydrogens is 326 g/mol. The summed E-state index contributed by atoms with van der Waals surface area (Å²) in [5.41, 5.74) is 3.84. The highest BCUT2D eigenvalue weighted by Gasteiger charge is 2.20. The molecule has 0 heterocycles. The summed E-state index contributed by atoms with van der Waals surface area (Å²) < 4.78 is 11.1. The van der Waals surface area contributed by atoms with E-state index in [1.54, 1.807) is 19.1 Å². The maximum absolute atomic E-state index is 12.6. The summed E-state index contributed by atoms with van der Waals surface area (Å²) in [7, 11) is 3.45. The first-order valence-corrected chi connectivity index (χ1v) is 9.23. The molecule has 0 saturated heterocycles. The molecule has 4 heteroatoms. The second kappa shape index (κ2) is 8.26. The molecule has 1 amide bonds. The molecule has 1 atom stereocenters. The molecule has 0 aliphatic heterocycles. The third-order valence-electron chi connectivity index (χ3n) is 4.94. The number of carbonyl (C=O) groups is 1. The predicted octanol–water partition coefficient (Wildman–Crippen LogP) is 4.00. The first-order valence-electron chi connectivity index (χ1n) is 9.23. The van der Waals surface area contributed by atoms with Crippen molar-refractivity contribution in [3.8, 4) is 11.5 Å². The summed E-state index contributed by atoms with van der Waals surface area (Å²) >= 11 is 0. The minimum atomic E-state index is -0.514. The van der Waals surface area contributed by atoms with Crippen LogP contribution < -0.4 is 9.47 Å². The molecular formula is C22H27NO3. The number of hydrogen-bond acceptors (Lipinski definition) is 3. The van der Waals surface area contributed by atoms with Gasteiger partial charge in [-0.1, -0.05) is 18.2 Å². The van der Waals surface area contributed by atoms with E-state index >= 15 is 0 Å². The van der Waals surface area contributed by atoms with Gasteiger partial charge in [0, 0.05) is 13.6 Å². The number of benzene rings is 2. The van der Waals surface area contributed by atoms with E-state index in [4.69, 9.17) is 9.47 Å². The topological polar surface area (TPSA) is 38.8 Å². The maximum Gasteiger partial charge on any atom is 0.263 e. The molecule has 2 aromatic carbocycles. The number of fused-ring (bicyclic) bond motifs is 1. The van der Waals surface area contributed by atoms with Gasteiger partial charge in [-0.2, -0.15) is 0 Å². The monoisotopic (exact) mass is 353 g/mol. The van der Waals surface area contributed by atoms with Gasteiger partial charge in [-0.15, -0.1) is 0 Å². The number of carbonyl (C=O) groups excluding carboxylic acids is 1. The third-order valence-corrected chi connectivity index (χ3v) is 4.94. The number of methoxy groups -OCH3 is 1. The number of aryl methyl sites for hydroxylation is 2. The van der Waals surface area contributed by atoms with Crippen molar-refractivity contribution in [3.05, 3.63) is 59.2 Å². The normalized spacial score (nSPS) is 14.3. The van der Waals surface area contributed by atoms with E-state index in [0.717, 1.165) is 29.9 Å². The van der Waals surface area contributed by atoms with Crippen molar-refractivity contribution in [2.75, 3.05) is 14.2 Å². The lowest BCUT2D eigenvalue weighted by molar-refractivity contribution is -0.137. The largest absolute Gasteiger partial charge is 0.497 e. The van der Waals surface area contributed by atoms with Crippen molar-refractivity contribution in [2.45, 2.75) is 45.3 Å². The van der Waals surface area contributed by atoms with Crippen LogP contribution in [0.1, 0.15) is 36.5 Å². The van der Waals surface area contributed by atoms with Crippen LogP contribution in [0.25, 0.3) is 0 Å². The fraction of sp³-hybridized carbons (Fsp3) is 0.409. The minimum absolute atomic E-state index is 0.0291. The van der Waals surface area contributed by atoms with Gasteiger partial charge in [-0.25, -0.2) is 0 Å². The van der Waals surface area contributed by atoms with Crippen LogP contribution in [0.15, 0.2) is 42.5 Å². The van der Waals surface area contributed by atoms with Crippen molar-refractivity contribution < 1.29 is 14.3 Å². The molecule has 0 fully saturated rings. The molecule has 0 bridgehead atoms. The maximum atomic E-state index is 12.6. The van der Waals surface area contributed by atoms with E-state index < -0.39 is 6.10 Å². The highest BCUT2D eigenvalue weighted by Crippen LogP contribution is 2.26. The van der Waals surface area contributed by atoms with Crippen molar-refractivity contribution in [2.24, 2.45) is 0 Å². The van der Waals surface area contributed by atoms with Crippen LogP contribution in [0.2, 0.25) is 0 Å². The van der Waals surface area contributed by atoms with Crippen LogP contribution in [-0.4, -0.2) is 31.1 Å². The zero-order valence-corrected chi connectivity index (χ0v) is 15.8. The van der Waals surface area contributed by atoms with Crippen molar-refractivity contribution in [3.63, 3.8) is 0 Å². The lowest BCUT2D eigenvalue weighted by atomic mass is 9.92. The first kappa shape index (κ1) is 18.3. The summed E-state index contributed by atoms with van der Waals surface area (Å²) in [6, 6.07) is 14.0. The molecule has 1 aliphatic rings. The molecule has 26 heavy (non-hydrogen) atoms. The Morgan fingerprint density at radius 3 is 2.38 bits per heavy atom. The SMILES string of the molecule is COc1ccc(CN(C)C(=O)[C@H](C)Oc2ccc3c(c2)CCCC3)cc1. The van der Waals surface area contributed by atoms with Gasteiger partial charge in [0.05, 0.1) is 7.11 Å². The first-order chi connectivity index (χ1) is 12.6. The number of likely N-dealkylation sites (N-methyl/N-ethyl adjacent to an activating group) is 1. The van der Waals surface area contributed by atoms with Gasteiger partial charge in [-0.05, 0) is 73.6 Å². The average molecular weight is 353 g/mol. The molecule has 2 aromatic rings. The van der Waals surface area contributed by atoms with Gasteiger partial charge >= 0.3 is 0 Å². The predicted molar refractivity (Wildman–Crippen MR) is 103 cm³/mol. The standard InChI is InChI=1S/C22H27NO3/c1-16(26-21-13-10-18-6-4-5-7-19(18)14-21)22(24)23(2)15-17-8-11-20(25-3)12-9-17/h8-14,16H,4-7,15H2,1-3H3/t16-/m0/s1. The van der Waals surface area contributed by atoms with E-state index in [2.05, 4.69) is 12.1 Å². The number of amides is 1. The van der Waals surface area contributed by atoms with Gasteiger partial charge in [0.1, 0.15) is 11.5 Å². The highest BCUT2D eigenvalue weighted by molar-refractivity contribution is 5.80. The lowest BCUT2D eigenvalue weighted by Crippen LogP contribution is -2.37. The Morgan fingerprint density at radius 2 is 1.69 bits per heavy atom. The van der Waals surface area contributed by atoms with Gasteiger partial charge < -0.3 is 14.4 Å². The zero-order valence-electron chi connectivity index (χ0n) is 15.8. The Kier molecular flexibility index (Phi) is 5.82. The molecule has 0 spiro atoms. The number of hydrogen-bond donors (Lipinski definition) is 0. The Labute approximate surface area is 155 Å². The zero-order chi connectivity index (χ0) is 18.5. The van der Waals surface area contributed by atoms with Crippen LogP contribution in [0.5, 0.6) is 11.5 Å². The summed E-state index contributed by atoms with van der Waals surface area (Å²) in [6.07, 6.45) is 4.23. The molecule has 138 valence electrons. The van der Waals surface area contributed by atoms with E-state index in [-0.39, 0.29) is 5.91 Å². The Hall–Kier alpha value is -2.49. The van der Waals surface area contributed by atoms with Crippen LogP contribution in [0.4, 0.5) is 0 Å². The number of rotatable bonds is 6. The van der Waals surface area contributed by atoms with Crippen molar-refractivity contribution >= 4 is 5.91 Å². The Bertz CT molecular complexity index is 754. The average Bonchev–Trinajstić information content (AvgIpc) is 2.67. The summed E-state index contributed by atoms with van der Waals surface area (Å²) in [4.78, 5) is 14.3. The van der Waals surface area contributed by atoms with Crippen LogP contribution in [-0.2, 0) is 24.2 Å². The molecule has 0 aromatic heterocycles. The molecule has 0 N–H and O–H groups in total. The smallest absolute Gasteiger partial charge is 0.263 e. The second-order valence-electron chi connectivity index (χ2n) is 6.94. The fourth-order valence-electron chi connectivity index (χ4n) is 3.43. The van der Waals surface area contributed by atoms with E-state index in [0.29, 0.717) is 6.54 Å². The fourth-order valence-corrected chi connectivity index (χ4v) is 3.43.